The summed E-state index contributed by atoms with van der Waals surface area (Å²) in [5.41, 5.74) is 0.534. The van der Waals surface area contributed by atoms with Crippen LogP contribution in [-0.4, -0.2) is 38.2 Å². The SMILES string of the molecule is CCCNC(c1ccc(OC)cc1F)C(C)(CC)N(C)C. The van der Waals surface area contributed by atoms with Gasteiger partial charge in [0.15, 0.2) is 0 Å². The van der Waals surface area contributed by atoms with Gasteiger partial charge in [0.25, 0.3) is 0 Å². The van der Waals surface area contributed by atoms with E-state index in [0.717, 1.165) is 19.4 Å². The van der Waals surface area contributed by atoms with E-state index < -0.39 is 0 Å². The van der Waals surface area contributed by atoms with Crippen LogP contribution in [0.4, 0.5) is 4.39 Å². The maximum absolute atomic E-state index is 14.5. The Morgan fingerprint density at radius 3 is 2.43 bits per heavy atom. The van der Waals surface area contributed by atoms with Gasteiger partial charge in [0, 0.05) is 17.2 Å². The average Bonchev–Trinajstić information content (AvgIpc) is 2.48. The van der Waals surface area contributed by atoms with Crippen LogP contribution >= 0.6 is 0 Å². The molecule has 1 N–H and O–H groups in total. The van der Waals surface area contributed by atoms with E-state index in [4.69, 9.17) is 4.74 Å². The minimum atomic E-state index is -0.218. The summed E-state index contributed by atoms with van der Waals surface area (Å²) in [5.74, 6) is 0.332. The monoisotopic (exact) mass is 296 g/mol. The minimum absolute atomic E-state index is 0.0663. The summed E-state index contributed by atoms with van der Waals surface area (Å²) in [4.78, 5) is 2.17. The Balaban J connectivity index is 3.24. The highest BCUT2D eigenvalue weighted by molar-refractivity contribution is 5.32. The lowest BCUT2D eigenvalue weighted by Gasteiger charge is -2.43. The lowest BCUT2D eigenvalue weighted by Crippen LogP contribution is -2.51. The Bertz CT molecular complexity index is 450. The van der Waals surface area contributed by atoms with Crippen LogP contribution in [0, 0.1) is 5.82 Å². The number of nitrogens with one attached hydrogen (secondary N) is 1. The second kappa shape index (κ2) is 7.76. The third kappa shape index (κ3) is 3.95. The fraction of sp³-hybridized carbons (Fsp3) is 0.647. The molecule has 3 nitrogen and oxygen atoms in total. The Hall–Kier alpha value is -1.13. The fourth-order valence-electron chi connectivity index (χ4n) is 2.60. The van der Waals surface area contributed by atoms with Crippen molar-refractivity contribution < 1.29 is 9.13 Å². The van der Waals surface area contributed by atoms with Gasteiger partial charge in [-0.15, -0.1) is 0 Å². The van der Waals surface area contributed by atoms with E-state index in [1.54, 1.807) is 7.11 Å². The molecular formula is C17H29FN2O. The first-order valence-corrected chi connectivity index (χ1v) is 7.64. The zero-order valence-corrected chi connectivity index (χ0v) is 14.2. The summed E-state index contributed by atoms with van der Waals surface area (Å²) in [6.45, 7) is 7.29. The van der Waals surface area contributed by atoms with Crippen LogP contribution in [0.1, 0.15) is 45.2 Å². The van der Waals surface area contributed by atoms with Crippen LogP contribution in [0.5, 0.6) is 5.75 Å². The number of methoxy groups -OCH3 is 1. The van der Waals surface area contributed by atoms with E-state index in [0.29, 0.717) is 11.3 Å². The molecule has 2 atom stereocenters. The highest BCUT2D eigenvalue weighted by Gasteiger charge is 2.36. The topological polar surface area (TPSA) is 24.5 Å². The van der Waals surface area contributed by atoms with Crippen LogP contribution in [0.3, 0.4) is 0 Å². The van der Waals surface area contributed by atoms with E-state index in [9.17, 15) is 4.39 Å². The second-order valence-corrected chi connectivity index (χ2v) is 5.88. The van der Waals surface area contributed by atoms with Gasteiger partial charge in [0.2, 0.25) is 0 Å². The minimum Gasteiger partial charge on any atom is -0.497 e. The molecule has 0 bridgehead atoms. The first-order valence-electron chi connectivity index (χ1n) is 7.64. The first kappa shape index (κ1) is 17.9. The van der Waals surface area contributed by atoms with Crippen LogP contribution in [0.15, 0.2) is 18.2 Å². The molecule has 4 heteroatoms. The number of nitrogens with zero attached hydrogens (tertiary/aromatic N) is 1. The quantitative estimate of drug-likeness (QED) is 0.793. The van der Waals surface area contributed by atoms with Gasteiger partial charge in [0.05, 0.1) is 13.2 Å². The second-order valence-electron chi connectivity index (χ2n) is 5.88. The summed E-state index contributed by atoms with van der Waals surface area (Å²) < 4.78 is 19.6. The van der Waals surface area contributed by atoms with Crippen molar-refractivity contribution in [2.75, 3.05) is 27.7 Å². The van der Waals surface area contributed by atoms with E-state index in [2.05, 4.69) is 31.0 Å². The van der Waals surface area contributed by atoms with E-state index >= 15 is 0 Å². The summed E-state index contributed by atoms with van der Waals surface area (Å²) in [6, 6.07) is 5.05. The third-order valence-electron chi connectivity index (χ3n) is 4.48. The molecule has 0 fully saturated rings. The number of likely N-dealkylation sites (N-methyl/N-ethyl adjacent to an activating group) is 1. The zero-order chi connectivity index (χ0) is 16.0. The maximum Gasteiger partial charge on any atom is 0.131 e. The molecule has 0 heterocycles. The number of hydrogen-bond acceptors (Lipinski definition) is 3. The average molecular weight is 296 g/mol. The van der Waals surface area contributed by atoms with Gasteiger partial charge in [-0.3, -0.25) is 0 Å². The largest absolute Gasteiger partial charge is 0.497 e. The summed E-state index contributed by atoms with van der Waals surface area (Å²) in [6.07, 6.45) is 1.94. The standard InChI is InChI=1S/C17H29FN2O/c1-7-11-19-16(17(3,8-2)20(4)5)14-10-9-13(21-6)12-15(14)18/h9-10,12,16,19H,7-8,11H2,1-6H3. The van der Waals surface area contributed by atoms with Crippen molar-refractivity contribution in [3.05, 3.63) is 29.6 Å². The smallest absolute Gasteiger partial charge is 0.131 e. The zero-order valence-electron chi connectivity index (χ0n) is 14.2. The van der Waals surface area contributed by atoms with Crippen molar-refractivity contribution in [3.8, 4) is 5.75 Å². The van der Waals surface area contributed by atoms with Gasteiger partial charge in [-0.1, -0.05) is 19.9 Å². The number of benzene rings is 1. The summed E-state index contributed by atoms with van der Waals surface area (Å²) in [7, 11) is 5.65. The predicted octanol–water partition coefficient (Wildman–Crippen LogP) is 3.61. The maximum atomic E-state index is 14.5. The van der Waals surface area contributed by atoms with E-state index in [1.165, 1.54) is 6.07 Å². The van der Waals surface area contributed by atoms with E-state index in [1.807, 2.05) is 26.2 Å². The number of ether oxygens (including phenoxy) is 1. The van der Waals surface area contributed by atoms with Gasteiger partial charge < -0.3 is 15.0 Å². The molecule has 0 aromatic heterocycles. The number of hydrogen-bond donors (Lipinski definition) is 1. The molecule has 21 heavy (non-hydrogen) atoms. The Morgan fingerprint density at radius 1 is 1.33 bits per heavy atom. The summed E-state index contributed by atoms with van der Waals surface area (Å²) >= 11 is 0. The molecule has 0 spiro atoms. The molecule has 1 aromatic carbocycles. The van der Waals surface area contributed by atoms with Crippen molar-refractivity contribution in [3.63, 3.8) is 0 Å². The number of rotatable bonds is 8. The predicted molar refractivity (Wildman–Crippen MR) is 86.4 cm³/mol. The van der Waals surface area contributed by atoms with Crippen molar-refractivity contribution in [1.82, 2.24) is 10.2 Å². The molecule has 1 aromatic rings. The molecule has 0 saturated carbocycles. The molecule has 120 valence electrons. The third-order valence-corrected chi connectivity index (χ3v) is 4.48. The van der Waals surface area contributed by atoms with Crippen molar-refractivity contribution >= 4 is 0 Å². The van der Waals surface area contributed by atoms with Gasteiger partial charge in [-0.2, -0.15) is 0 Å². The molecule has 0 radical (unpaired) electrons. The highest BCUT2D eigenvalue weighted by Crippen LogP contribution is 2.35. The van der Waals surface area contributed by atoms with Crippen LogP contribution in [-0.2, 0) is 0 Å². The molecule has 0 aliphatic rings. The van der Waals surface area contributed by atoms with Crippen molar-refractivity contribution in [1.29, 1.82) is 0 Å². The van der Waals surface area contributed by atoms with Gasteiger partial charge >= 0.3 is 0 Å². The Labute approximate surface area is 128 Å². The fourth-order valence-corrected chi connectivity index (χ4v) is 2.60. The number of halogens is 1. The first-order chi connectivity index (χ1) is 9.90. The molecular weight excluding hydrogens is 267 g/mol. The van der Waals surface area contributed by atoms with Gasteiger partial charge in [-0.25, -0.2) is 4.39 Å². The van der Waals surface area contributed by atoms with Crippen LogP contribution in [0.2, 0.25) is 0 Å². The van der Waals surface area contributed by atoms with Crippen molar-refractivity contribution in [2.45, 2.75) is 45.2 Å². The van der Waals surface area contributed by atoms with Gasteiger partial charge in [0.1, 0.15) is 11.6 Å². The lowest BCUT2D eigenvalue weighted by molar-refractivity contribution is 0.111. The summed E-state index contributed by atoms with van der Waals surface area (Å²) in [5, 5.41) is 3.51. The van der Waals surface area contributed by atoms with Crippen LogP contribution < -0.4 is 10.1 Å². The molecule has 0 aliphatic heterocycles. The van der Waals surface area contributed by atoms with E-state index in [-0.39, 0.29) is 17.4 Å². The van der Waals surface area contributed by atoms with Crippen LogP contribution in [0.25, 0.3) is 0 Å². The molecule has 2 unspecified atom stereocenters. The normalized spacial score (nSPS) is 15.8. The van der Waals surface area contributed by atoms with Gasteiger partial charge in [-0.05, 0) is 46.5 Å². The highest BCUT2D eigenvalue weighted by atomic mass is 19.1. The molecule has 0 saturated heterocycles. The lowest BCUT2D eigenvalue weighted by atomic mass is 9.83. The molecule has 0 aliphatic carbocycles. The molecule has 0 amide bonds. The molecule has 1 rings (SSSR count). The Morgan fingerprint density at radius 2 is 2.00 bits per heavy atom. The Kier molecular flexibility index (Phi) is 6.62. The van der Waals surface area contributed by atoms with Crippen molar-refractivity contribution in [2.24, 2.45) is 0 Å².